The number of allylic oxidation sites excluding steroid dienone is 20. The van der Waals surface area contributed by atoms with Crippen LogP contribution in [0, 0.1) is 0 Å². The summed E-state index contributed by atoms with van der Waals surface area (Å²) in [5, 5.41) is 9.56. The predicted molar refractivity (Wildman–Crippen MR) is 223 cm³/mol. The van der Waals surface area contributed by atoms with Gasteiger partial charge in [-0.25, -0.2) is 0 Å². The number of hydrogen-bond acceptors (Lipinski definition) is 5. The Hall–Kier alpha value is -3.70. The molecule has 0 aromatic rings. The first-order chi connectivity index (χ1) is 25.6. The zero-order valence-electron chi connectivity index (χ0n) is 32.8. The Morgan fingerprint density at radius 3 is 1.12 bits per heavy atom. The van der Waals surface area contributed by atoms with Crippen molar-refractivity contribution in [3.8, 4) is 0 Å². The van der Waals surface area contributed by atoms with E-state index in [2.05, 4.69) is 135 Å². The van der Waals surface area contributed by atoms with Crippen molar-refractivity contribution in [1.29, 1.82) is 0 Å². The van der Waals surface area contributed by atoms with E-state index in [-0.39, 0.29) is 25.2 Å². The van der Waals surface area contributed by atoms with E-state index in [1.807, 2.05) is 0 Å². The molecule has 1 unspecified atom stereocenters. The quantitative estimate of drug-likeness (QED) is 0.0408. The SMILES string of the molecule is CC/C=C\C/C=C\C/C=C\C/C=C\C/C=C\CCCCCC(=O)OCC(CO)OC(=O)CCCCC/C=C\C/C=C\C/C=C\C/C=C\C/C=C\CC. The van der Waals surface area contributed by atoms with E-state index in [0.29, 0.717) is 12.8 Å². The summed E-state index contributed by atoms with van der Waals surface area (Å²) in [4.78, 5) is 24.3. The second-order valence-electron chi connectivity index (χ2n) is 12.6. The lowest BCUT2D eigenvalue weighted by Crippen LogP contribution is -2.28. The number of unbranched alkanes of at least 4 members (excludes halogenated alkanes) is 6. The van der Waals surface area contributed by atoms with Crippen LogP contribution in [0.5, 0.6) is 0 Å². The van der Waals surface area contributed by atoms with E-state index < -0.39 is 6.10 Å². The maximum atomic E-state index is 12.2. The first kappa shape index (κ1) is 48.3. The molecule has 0 aliphatic rings. The van der Waals surface area contributed by atoms with E-state index in [1.54, 1.807) is 0 Å². The third-order valence-electron chi connectivity index (χ3n) is 7.75. The van der Waals surface area contributed by atoms with Crippen LogP contribution < -0.4 is 0 Å². The lowest BCUT2D eigenvalue weighted by molar-refractivity contribution is -0.161. The van der Waals surface area contributed by atoms with Crippen molar-refractivity contribution in [2.75, 3.05) is 13.2 Å². The third kappa shape index (κ3) is 39.1. The van der Waals surface area contributed by atoms with Crippen LogP contribution in [0.2, 0.25) is 0 Å². The third-order valence-corrected chi connectivity index (χ3v) is 7.75. The monoisotopic (exact) mass is 717 g/mol. The Kier molecular flexibility index (Phi) is 38.8. The molecule has 1 N–H and O–H groups in total. The van der Waals surface area contributed by atoms with Crippen molar-refractivity contribution in [2.45, 2.75) is 148 Å². The van der Waals surface area contributed by atoms with Gasteiger partial charge in [-0.2, -0.15) is 0 Å². The van der Waals surface area contributed by atoms with Gasteiger partial charge in [-0.15, -0.1) is 0 Å². The van der Waals surface area contributed by atoms with Gasteiger partial charge in [0.2, 0.25) is 0 Å². The molecule has 0 heterocycles. The Morgan fingerprint density at radius 1 is 0.442 bits per heavy atom. The van der Waals surface area contributed by atoms with E-state index in [1.165, 1.54) is 0 Å². The van der Waals surface area contributed by atoms with Crippen molar-refractivity contribution in [3.63, 3.8) is 0 Å². The molecule has 0 saturated carbocycles. The lowest BCUT2D eigenvalue weighted by Gasteiger charge is -2.15. The summed E-state index contributed by atoms with van der Waals surface area (Å²) in [6.07, 6.45) is 61.1. The number of rotatable bonds is 34. The minimum atomic E-state index is -0.812. The fourth-order valence-electron chi connectivity index (χ4n) is 4.78. The van der Waals surface area contributed by atoms with Crippen LogP contribution in [0.25, 0.3) is 0 Å². The summed E-state index contributed by atoms with van der Waals surface area (Å²) in [6, 6.07) is 0. The predicted octanol–water partition coefficient (Wildman–Crippen LogP) is 12.8. The minimum Gasteiger partial charge on any atom is -0.462 e. The van der Waals surface area contributed by atoms with E-state index in [0.717, 1.165) is 116 Å². The average molecular weight is 717 g/mol. The largest absolute Gasteiger partial charge is 0.462 e. The van der Waals surface area contributed by atoms with Gasteiger partial charge in [0.1, 0.15) is 6.61 Å². The molecule has 290 valence electrons. The van der Waals surface area contributed by atoms with Gasteiger partial charge < -0.3 is 14.6 Å². The van der Waals surface area contributed by atoms with Crippen LogP contribution in [-0.2, 0) is 19.1 Å². The molecule has 0 aliphatic carbocycles. The summed E-state index contributed by atoms with van der Waals surface area (Å²) in [7, 11) is 0. The van der Waals surface area contributed by atoms with Crippen LogP contribution in [0.4, 0.5) is 0 Å². The molecule has 0 saturated heterocycles. The highest BCUT2D eigenvalue weighted by Crippen LogP contribution is 2.09. The molecular formula is C47H72O5. The van der Waals surface area contributed by atoms with Crippen LogP contribution in [-0.4, -0.2) is 36.4 Å². The fourth-order valence-corrected chi connectivity index (χ4v) is 4.78. The van der Waals surface area contributed by atoms with Crippen molar-refractivity contribution in [2.24, 2.45) is 0 Å². The molecular weight excluding hydrogens is 645 g/mol. The highest BCUT2D eigenvalue weighted by atomic mass is 16.6. The molecule has 0 radical (unpaired) electrons. The number of carbonyl (C=O) groups is 2. The fraction of sp³-hybridized carbons (Fsp3) is 0.532. The van der Waals surface area contributed by atoms with Crippen LogP contribution >= 0.6 is 0 Å². The Bertz CT molecular complexity index is 1130. The molecule has 0 bridgehead atoms. The summed E-state index contributed by atoms with van der Waals surface area (Å²) in [5.74, 6) is -0.681. The van der Waals surface area contributed by atoms with Crippen molar-refractivity contribution in [3.05, 3.63) is 122 Å². The molecule has 0 rings (SSSR count). The highest BCUT2D eigenvalue weighted by Gasteiger charge is 2.16. The Balaban J connectivity index is 3.75. The second kappa shape index (κ2) is 41.7. The highest BCUT2D eigenvalue weighted by molar-refractivity contribution is 5.70. The summed E-state index contributed by atoms with van der Waals surface area (Å²) in [5.41, 5.74) is 0. The maximum Gasteiger partial charge on any atom is 0.306 e. The standard InChI is InChI=1S/C47H72O5/c1-3-5-7-9-11-13-15-17-19-21-23-25-27-29-31-33-35-37-39-41-46(49)51-44-45(43-48)52-47(50)42-40-38-36-34-32-30-28-26-24-22-20-18-16-14-12-10-8-6-4-2/h5-8,11-14,17-20,23-26,29-32,45,48H,3-4,9-10,15-16,21-22,27-28,33-44H2,1-2H3/b7-5-,8-6-,13-11-,14-12-,19-17-,20-18-,25-23-,26-24-,31-29-,32-30-. The number of aliphatic hydroxyl groups is 1. The van der Waals surface area contributed by atoms with Crippen molar-refractivity contribution < 1.29 is 24.2 Å². The molecule has 5 nitrogen and oxygen atoms in total. The van der Waals surface area contributed by atoms with E-state index >= 15 is 0 Å². The average Bonchev–Trinajstić information content (AvgIpc) is 3.15. The second-order valence-corrected chi connectivity index (χ2v) is 12.6. The van der Waals surface area contributed by atoms with Crippen LogP contribution in [0.1, 0.15) is 142 Å². The van der Waals surface area contributed by atoms with Gasteiger partial charge in [-0.05, 0) is 103 Å². The number of aliphatic hydroxyl groups excluding tert-OH is 1. The zero-order chi connectivity index (χ0) is 37.8. The molecule has 0 fully saturated rings. The smallest absolute Gasteiger partial charge is 0.306 e. The summed E-state index contributed by atoms with van der Waals surface area (Å²) in [6.45, 7) is 3.83. The molecule has 0 aromatic heterocycles. The van der Waals surface area contributed by atoms with Gasteiger partial charge in [0.15, 0.2) is 6.10 Å². The van der Waals surface area contributed by atoms with Gasteiger partial charge in [0, 0.05) is 12.8 Å². The first-order valence-electron chi connectivity index (χ1n) is 20.1. The summed E-state index contributed by atoms with van der Waals surface area (Å²) >= 11 is 0. The van der Waals surface area contributed by atoms with Crippen LogP contribution in [0.15, 0.2) is 122 Å². The first-order valence-corrected chi connectivity index (χ1v) is 20.1. The summed E-state index contributed by atoms with van der Waals surface area (Å²) < 4.78 is 10.6. The number of ether oxygens (including phenoxy) is 2. The van der Waals surface area contributed by atoms with Gasteiger partial charge >= 0.3 is 11.9 Å². The van der Waals surface area contributed by atoms with Gasteiger partial charge in [-0.1, -0.05) is 148 Å². The molecule has 5 heteroatoms. The number of esters is 2. The molecule has 0 aliphatic heterocycles. The van der Waals surface area contributed by atoms with Gasteiger partial charge in [-0.3, -0.25) is 9.59 Å². The van der Waals surface area contributed by atoms with Gasteiger partial charge in [0.05, 0.1) is 6.61 Å². The normalized spacial score (nSPS) is 13.5. The molecule has 52 heavy (non-hydrogen) atoms. The number of carbonyl (C=O) groups excluding carboxylic acids is 2. The Labute approximate surface area is 318 Å². The van der Waals surface area contributed by atoms with E-state index in [4.69, 9.17) is 9.47 Å². The van der Waals surface area contributed by atoms with Gasteiger partial charge in [0.25, 0.3) is 0 Å². The molecule has 0 amide bonds. The number of hydrogen-bond donors (Lipinski definition) is 1. The lowest BCUT2D eigenvalue weighted by atomic mass is 10.1. The maximum absolute atomic E-state index is 12.2. The van der Waals surface area contributed by atoms with Crippen LogP contribution in [0.3, 0.4) is 0 Å². The topological polar surface area (TPSA) is 72.8 Å². The van der Waals surface area contributed by atoms with Crippen molar-refractivity contribution >= 4 is 11.9 Å². The zero-order valence-corrected chi connectivity index (χ0v) is 32.8. The van der Waals surface area contributed by atoms with Crippen molar-refractivity contribution in [1.82, 2.24) is 0 Å². The minimum absolute atomic E-state index is 0.106. The van der Waals surface area contributed by atoms with E-state index in [9.17, 15) is 14.7 Å². The molecule has 0 spiro atoms. The Morgan fingerprint density at radius 2 is 0.769 bits per heavy atom. The molecule has 0 aromatic carbocycles. The molecule has 1 atom stereocenters.